The van der Waals surface area contributed by atoms with E-state index in [9.17, 15) is 0 Å². The molecule has 1 unspecified atom stereocenters. The van der Waals surface area contributed by atoms with Gasteiger partial charge in [-0.05, 0) is 44.9 Å². The van der Waals surface area contributed by atoms with Crippen LogP contribution < -0.4 is 5.32 Å². The summed E-state index contributed by atoms with van der Waals surface area (Å²) >= 11 is 0. The van der Waals surface area contributed by atoms with E-state index in [0.717, 1.165) is 31.6 Å². The molecule has 0 fully saturated rings. The zero-order valence-corrected chi connectivity index (χ0v) is 13.2. The van der Waals surface area contributed by atoms with Gasteiger partial charge in [0, 0.05) is 30.9 Å². The molecule has 0 aromatic carbocycles. The number of rotatable bonds is 8. The summed E-state index contributed by atoms with van der Waals surface area (Å²) in [6.07, 6.45) is 8.42. The third-order valence-corrected chi connectivity index (χ3v) is 3.56. The lowest BCUT2D eigenvalue weighted by Gasteiger charge is -2.18. The number of nitrogens with zero attached hydrogens (tertiary/aromatic N) is 4. The van der Waals surface area contributed by atoms with Crippen molar-refractivity contribution in [3.05, 3.63) is 42.2 Å². The van der Waals surface area contributed by atoms with Crippen molar-refractivity contribution >= 4 is 0 Å². The third kappa shape index (κ3) is 4.63. The van der Waals surface area contributed by atoms with Gasteiger partial charge in [-0.1, -0.05) is 13.0 Å². The van der Waals surface area contributed by atoms with Gasteiger partial charge in [0.25, 0.3) is 0 Å². The predicted molar refractivity (Wildman–Crippen MR) is 84.1 cm³/mol. The summed E-state index contributed by atoms with van der Waals surface area (Å²) in [6, 6.07) is 4.89. The molecule has 0 saturated carbocycles. The van der Waals surface area contributed by atoms with Crippen LogP contribution in [0.3, 0.4) is 0 Å². The predicted octanol–water partition coefficient (Wildman–Crippen LogP) is 2.41. The van der Waals surface area contributed by atoms with Gasteiger partial charge in [0.15, 0.2) is 0 Å². The Morgan fingerprint density at radius 2 is 2.19 bits per heavy atom. The number of hydrogen-bond donors (Lipinski definition) is 1. The van der Waals surface area contributed by atoms with Crippen molar-refractivity contribution in [1.29, 1.82) is 0 Å². The summed E-state index contributed by atoms with van der Waals surface area (Å²) in [5.41, 5.74) is 1.28. The molecule has 21 heavy (non-hydrogen) atoms. The highest BCUT2D eigenvalue weighted by Gasteiger charge is 2.14. The lowest BCUT2D eigenvalue weighted by molar-refractivity contribution is 0.444. The maximum absolute atomic E-state index is 4.41. The van der Waals surface area contributed by atoms with Crippen LogP contribution in [0.1, 0.15) is 44.6 Å². The maximum Gasteiger partial charge on any atom is 0.138 e. The fourth-order valence-corrected chi connectivity index (χ4v) is 2.52. The van der Waals surface area contributed by atoms with Crippen LogP contribution in [0.4, 0.5) is 0 Å². The largest absolute Gasteiger partial charge is 0.314 e. The number of likely N-dealkylation sites (N-methyl/N-ethyl adjacent to an activating group) is 1. The first-order valence-corrected chi connectivity index (χ1v) is 7.71. The van der Waals surface area contributed by atoms with E-state index in [-0.39, 0.29) is 0 Å². The van der Waals surface area contributed by atoms with Crippen LogP contribution in [-0.2, 0) is 12.8 Å². The zero-order chi connectivity index (χ0) is 15.1. The Balaban J connectivity index is 1.97. The lowest BCUT2D eigenvalue weighted by Crippen LogP contribution is -2.32. The highest BCUT2D eigenvalue weighted by molar-refractivity contribution is 5.09. The van der Waals surface area contributed by atoms with Crippen LogP contribution in [-0.4, -0.2) is 32.3 Å². The van der Waals surface area contributed by atoms with Crippen molar-refractivity contribution in [1.82, 2.24) is 25.1 Å². The van der Waals surface area contributed by atoms with E-state index < -0.39 is 0 Å². The summed E-state index contributed by atoms with van der Waals surface area (Å²) in [7, 11) is 0. The Morgan fingerprint density at radius 3 is 2.86 bits per heavy atom. The third-order valence-electron chi connectivity index (χ3n) is 3.56. The average molecular weight is 287 g/mol. The van der Waals surface area contributed by atoms with Gasteiger partial charge >= 0.3 is 0 Å². The smallest absolute Gasteiger partial charge is 0.138 e. The molecule has 2 rings (SSSR count). The Kier molecular flexibility index (Phi) is 5.87. The first kappa shape index (κ1) is 15.6. The molecule has 0 aliphatic carbocycles. The van der Waals surface area contributed by atoms with Gasteiger partial charge < -0.3 is 5.32 Å². The quantitative estimate of drug-likeness (QED) is 0.810. The molecular formula is C16H25N5. The number of hydrogen-bond acceptors (Lipinski definition) is 4. The molecule has 1 N–H and O–H groups in total. The summed E-state index contributed by atoms with van der Waals surface area (Å²) in [6.45, 7) is 7.38. The molecule has 0 amide bonds. The fourth-order valence-electron chi connectivity index (χ4n) is 2.52. The van der Waals surface area contributed by atoms with Gasteiger partial charge in [0.2, 0.25) is 0 Å². The monoisotopic (exact) mass is 287 g/mol. The van der Waals surface area contributed by atoms with E-state index in [4.69, 9.17) is 0 Å². The molecule has 1 atom stereocenters. The van der Waals surface area contributed by atoms with E-state index in [1.165, 1.54) is 5.56 Å². The van der Waals surface area contributed by atoms with Gasteiger partial charge in [-0.25, -0.2) is 9.67 Å². The fraction of sp³-hybridized carbons (Fsp3) is 0.562. The Morgan fingerprint density at radius 1 is 1.33 bits per heavy atom. The number of aromatic nitrogens is 4. The van der Waals surface area contributed by atoms with Crippen LogP contribution in [0.25, 0.3) is 0 Å². The Labute approximate surface area is 126 Å². The summed E-state index contributed by atoms with van der Waals surface area (Å²) in [4.78, 5) is 8.59. The van der Waals surface area contributed by atoms with Crippen molar-refractivity contribution in [3.63, 3.8) is 0 Å². The minimum atomic E-state index is 0.350. The lowest BCUT2D eigenvalue weighted by atomic mass is 10.0. The van der Waals surface area contributed by atoms with Crippen molar-refractivity contribution in [2.45, 2.75) is 52.1 Å². The Bertz CT molecular complexity index is 520. The number of nitrogens with one attached hydrogen (secondary N) is 1. The van der Waals surface area contributed by atoms with E-state index in [1.54, 1.807) is 6.33 Å². The van der Waals surface area contributed by atoms with Crippen LogP contribution in [0, 0.1) is 0 Å². The van der Waals surface area contributed by atoms with Gasteiger partial charge in [0.1, 0.15) is 12.2 Å². The molecule has 5 heteroatoms. The second-order valence-electron chi connectivity index (χ2n) is 5.57. The standard InChI is InChI=1S/C16H25N5/c1-4-18-15(8-7-14-6-5-9-17-11-14)10-16-19-12-20-21(16)13(2)3/h5-6,9,11-13,15,18H,4,7-8,10H2,1-3H3. The molecule has 2 aromatic rings. The molecule has 5 nitrogen and oxygen atoms in total. The van der Waals surface area contributed by atoms with E-state index in [0.29, 0.717) is 12.1 Å². The molecule has 0 spiro atoms. The van der Waals surface area contributed by atoms with Crippen LogP contribution in [0.2, 0.25) is 0 Å². The number of aryl methyl sites for hydroxylation is 1. The Hall–Kier alpha value is -1.75. The highest BCUT2D eigenvalue weighted by atomic mass is 15.3. The molecule has 0 bridgehead atoms. The van der Waals surface area contributed by atoms with Crippen LogP contribution >= 0.6 is 0 Å². The average Bonchev–Trinajstić information content (AvgIpc) is 2.94. The maximum atomic E-state index is 4.41. The first-order valence-electron chi connectivity index (χ1n) is 7.71. The van der Waals surface area contributed by atoms with E-state index in [2.05, 4.69) is 47.2 Å². The van der Waals surface area contributed by atoms with Crippen molar-refractivity contribution in [2.24, 2.45) is 0 Å². The summed E-state index contributed by atoms with van der Waals surface area (Å²) in [5.74, 6) is 1.06. The SMILES string of the molecule is CCNC(CCc1cccnc1)Cc1ncnn1C(C)C. The highest BCUT2D eigenvalue weighted by Crippen LogP contribution is 2.11. The van der Waals surface area contributed by atoms with Crippen LogP contribution in [0.15, 0.2) is 30.9 Å². The van der Waals surface area contributed by atoms with E-state index in [1.807, 2.05) is 23.1 Å². The van der Waals surface area contributed by atoms with E-state index >= 15 is 0 Å². The minimum absolute atomic E-state index is 0.350. The van der Waals surface area contributed by atoms with Crippen molar-refractivity contribution in [3.8, 4) is 0 Å². The molecule has 0 saturated heterocycles. The second-order valence-corrected chi connectivity index (χ2v) is 5.57. The van der Waals surface area contributed by atoms with Crippen LogP contribution in [0.5, 0.6) is 0 Å². The molecule has 0 radical (unpaired) electrons. The minimum Gasteiger partial charge on any atom is -0.314 e. The normalized spacial score (nSPS) is 12.8. The first-order chi connectivity index (χ1) is 10.2. The molecule has 2 aromatic heterocycles. The summed E-state index contributed by atoms with van der Waals surface area (Å²) in [5, 5.41) is 7.87. The van der Waals surface area contributed by atoms with Gasteiger partial charge in [-0.3, -0.25) is 4.98 Å². The van der Waals surface area contributed by atoms with Gasteiger partial charge in [-0.15, -0.1) is 0 Å². The number of pyridine rings is 1. The summed E-state index contributed by atoms with van der Waals surface area (Å²) < 4.78 is 2.01. The topological polar surface area (TPSA) is 55.6 Å². The zero-order valence-electron chi connectivity index (χ0n) is 13.2. The van der Waals surface area contributed by atoms with Crippen molar-refractivity contribution in [2.75, 3.05) is 6.54 Å². The molecule has 0 aliphatic rings. The molecule has 2 heterocycles. The van der Waals surface area contributed by atoms with Gasteiger partial charge in [-0.2, -0.15) is 5.10 Å². The van der Waals surface area contributed by atoms with Crippen molar-refractivity contribution < 1.29 is 0 Å². The van der Waals surface area contributed by atoms with Gasteiger partial charge in [0.05, 0.1) is 0 Å². The molecular weight excluding hydrogens is 262 g/mol. The second kappa shape index (κ2) is 7.88. The molecule has 0 aliphatic heterocycles. The molecule has 114 valence electrons.